The third-order valence-corrected chi connectivity index (χ3v) is 5.63. The van der Waals surface area contributed by atoms with Crippen molar-refractivity contribution in [1.29, 1.82) is 0 Å². The third kappa shape index (κ3) is 5.14. The topological polar surface area (TPSA) is 49.3 Å². The molecule has 6 heteroatoms. The third-order valence-electron chi connectivity index (χ3n) is 5.63. The van der Waals surface area contributed by atoms with E-state index >= 15 is 0 Å². The molecule has 1 aromatic rings. The maximum Gasteiger partial charge on any atom is 0.194 e. The summed E-state index contributed by atoms with van der Waals surface area (Å²) < 4.78 is 11.3. The summed E-state index contributed by atoms with van der Waals surface area (Å²) in [5.41, 5.74) is 2.45. The van der Waals surface area contributed by atoms with Crippen molar-refractivity contribution in [1.82, 2.24) is 10.2 Å². The summed E-state index contributed by atoms with van der Waals surface area (Å²) in [5, 5.41) is 3.47. The summed E-state index contributed by atoms with van der Waals surface area (Å²) in [4.78, 5) is 9.78. The monoisotopic (exact) mass is 374 g/mol. The van der Waals surface area contributed by atoms with Gasteiger partial charge in [-0.15, -0.1) is 0 Å². The average Bonchev–Trinajstić information content (AvgIpc) is 2.72. The quantitative estimate of drug-likeness (QED) is 0.633. The van der Waals surface area contributed by atoms with E-state index in [0.29, 0.717) is 6.54 Å². The summed E-state index contributed by atoms with van der Waals surface area (Å²) in [7, 11) is 1.80. The smallest absolute Gasteiger partial charge is 0.194 e. The molecule has 0 atom stereocenters. The summed E-state index contributed by atoms with van der Waals surface area (Å²) >= 11 is 0. The molecule has 0 bridgehead atoms. The number of nitrogens with one attached hydrogen (secondary N) is 1. The molecule has 3 rings (SSSR count). The Bertz CT molecular complexity index is 620. The lowest BCUT2D eigenvalue weighted by molar-refractivity contribution is -0.0829. The Balaban J connectivity index is 1.62. The van der Waals surface area contributed by atoms with Gasteiger partial charge in [-0.2, -0.15) is 0 Å². The van der Waals surface area contributed by atoms with Crippen molar-refractivity contribution in [3.63, 3.8) is 0 Å². The van der Waals surface area contributed by atoms with Crippen molar-refractivity contribution < 1.29 is 9.47 Å². The predicted molar refractivity (Wildman–Crippen MR) is 111 cm³/mol. The van der Waals surface area contributed by atoms with E-state index in [-0.39, 0.29) is 5.60 Å². The van der Waals surface area contributed by atoms with Crippen molar-refractivity contribution in [3.05, 3.63) is 29.8 Å². The van der Waals surface area contributed by atoms with Crippen LogP contribution in [0.25, 0.3) is 0 Å². The van der Waals surface area contributed by atoms with E-state index in [1.807, 2.05) is 0 Å². The van der Waals surface area contributed by atoms with Gasteiger partial charge in [-0.25, -0.2) is 0 Å². The molecule has 27 heavy (non-hydrogen) atoms. The van der Waals surface area contributed by atoms with Crippen LogP contribution in [0.5, 0.6) is 0 Å². The van der Waals surface area contributed by atoms with Crippen LogP contribution in [0.15, 0.2) is 29.3 Å². The fourth-order valence-electron chi connectivity index (χ4n) is 3.82. The first-order valence-corrected chi connectivity index (χ1v) is 10.1. The first-order valence-electron chi connectivity index (χ1n) is 10.1. The number of benzene rings is 1. The first-order chi connectivity index (χ1) is 13.2. The van der Waals surface area contributed by atoms with Gasteiger partial charge in [-0.05, 0) is 31.5 Å². The number of aryl methyl sites for hydroxylation is 1. The fourth-order valence-corrected chi connectivity index (χ4v) is 3.82. The molecule has 0 saturated carbocycles. The van der Waals surface area contributed by atoms with Gasteiger partial charge in [0.2, 0.25) is 0 Å². The van der Waals surface area contributed by atoms with Gasteiger partial charge in [-0.1, -0.05) is 12.1 Å². The molecule has 2 saturated heterocycles. The molecule has 2 aliphatic rings. The van der Waals surface area contributed by atoms with Crippen molar-refractivity contribution in [2.24, 2.45) is 4.99 Å². The van der Waals surface area contributed by atoms with Crippen LogP contribution in [0.2, 0.25) is 0 Å². The lowest BCUT2D eigenvalue weighted by Gasteiger charge is -2.39. The number of hydrogen-bond acceptors (Lipinski definition) is 4. The number of methoxy groups -OCH3 is 1. The molecule has 1 aromatic carbocycles. The van der Waals surface area contributed by atoms with Gasteiger partial charge in [0.15, 0.2) is 5.96 Å². The van der Waals surface area contributed by atoms with E-state index in [0.717, 1.165) is 64.7 Å². The number of hydrogen-bond donors (Lipinski definition) is 1. The summed E-state index contributed by atoms with van der Waals surface area (Å²) in [6.45, 7) is 11.3. The standard InChI is InChI=1S/C21H34N4O2/c1-4-22-20(23-17-21(26-3)8-14-27-15-9-21)25-12-10-24(11-13-25)19-7-5-6-18(2)16-19/h5-7,16H,4,8-15,17H2,1-3H3,(H,22,23). The highest BCUT2D eigenvalue weighted by Gasteiger charge is 2.32. The molecule has 0 aliphatic carbocycles. The SMILES string of the molecule is CCNC(=NCC1(OC)CCOCC1)N1CCN(c2cccc(C)c2)CC1. The van der Waals surface area contributed by atoms with Crippen molar-refractivity contribution in [2.75, 3.05) is 64.5 Å². The van der Waals surface area contributed by atoms with Crippen LogP contribution in [0.4, 0.5) is 5.69 Å². The van der Waals surface area contributed by atoms with E-state index < -0.39 is 0 Å². The van der Waals surface area contributed by atoms with Crippen molar-refractivity contribution >= 4 is 11.6 Å². The van der Waals surface area contributed by atoms with Crippen LogP contribution in [-0.4, -0.2) is 76.1 Å². The zero-order valence-corrected chi connectivity index (χ0v) is 17.0. The van der Waals surface area contributed by atoms with Crippen LogP contribution < -0.4 is 10.2 Å². The Morgan fingerprint density at radius 1 is 1.22 bits per heavy atom. The molecule has 0 radical (unpaired) electrons. The number of anilines is 1. The van der Waals surface area contributed by atoms with Gasteiger partial charge in [0.25, 0.3) is 0 Å². The molecule has 0 unspecified atom stereocenters. The molecule has 1 N–H and O–H groups in total. The van der Waals surface area contributed by atoms with E-state index in [1.165, 1.54) is 11.3 Å². The molecule has 0 spiro atoms. The van der Waals surface area contributed by atoms with E-state index in [1.54, 1.807) is 7.11 Å². The van der Waals surface area contributed by atoms with E-state index in [4.69, 9.17) is 14.5 Å². The number of ether oxygens (including phenoxy) is 2. The highest BCUT2D eigenvalue weighted by atomic mass is 16.5. The molecule has 2 heterocycles. The van der Waals surface area contributed by atoms with Gasteiger partial charge in [0.1, 0.15) is 0 Å². The second-order valence-corrected chi connectivity index (χ2v) is 7.48. The molecule has 2 fully saturated rings. The molecule has 150 valence electrons. The Labute approximate surface area is 163 Å². The molecule has 2 aliphatic heterocycles. The van der Waals surface area contributed by atoms with Crippen LogP contribution in [-0.2, 0) is 9.47 Å². The van der Waals surface area contributed by atoms with Gasteiger partial charge in [0.05, 0.1) is 12.1 Å². The Morgan fingerprint density at radius 2 is 1.96 bits per heavy atom. The lowest BCUT2D eigenvalue weighted by atomic mass is 9.94. The highest BCUT2D eigenvalue weighted by Crippen LogP contribution is 2.25. The summed E-state index contributed by atoms with van der Waals surface area (Å²) in [5.74, 6) is 1.00. The largest absolute Gasteiger partial charge is 0.381 e. The normalized spacial score (nSPS) is 20.6. The lowest BCUT2D eigenvalue weighted by Crippen LogP contribution is -2.53. The van der Waals surface area contributed by atoms with E-state index in [2.05, 4.69) is 53.2 Å². The van der Waals surface area contributed by atoms with Gasteiger partial charge in [0, 0.05) is 71.6 Å². The number of rotatable bonds is 5. The van der Waals surface area contributed by atoms with Crippen molar-refractivity contribution in [2.45, 2.75) is 32.3 Å². The average molecular weight is 375 g/mol. The summed E-state index contributed by atoms with van der Waals surface area (Å²) in [6, 6.07) is 8.76. The second-order valence-electron chi connectivity index (χ2n) is 7.48. The van der Waals surface area contributed by atoms with Crippen LogP contribution in [0.1, 0.15) is 25.3 Å². The van der Waals surface area contributed by atoms with Gasteiger partial charge in [-0.3, -0.25) is 4.99 Å². The van der Waals surface area contributed by atoms with Crippen LogP contribution in [0, 0.1) is 6.92 Å². The maximum absolute atomic E-state index is 5.84. The molecule has 0 aromatic heterocycles. The molecular formula is C21H34N4O2. The fraction of sp³-hybridized carbons (Fsp3) is 0.667. The minimum Gasteiger partial charge on any atom is -0.381 e. The zero-order chi connectivity index (χ0) is 19.1. The second kappa shape index (κ2) is 9.42. The van der Waals surface area contributed by atoms with Crippen LogP contribution in [0.3, 0.4) is 0 Å². The Hall–Kier alpha value is -1.79. The minimum absolute atomic E-state index is 0.178. The number of guanidine groups is 1. The van der Waals surface area contributed by atoms with Crippen LogP contribution >= 0.6 is 0 Å². The molecular weight excluding hydrogens is 340 g/mol. The minimum atomic E-state index is -0.178. The van der Waals surface area contributed by atoms with Gasteiger partial charge < -0.3 is 24.6 Å². The number of aliphatic imine (C=N–C) groups is 1. The summed E-state index contributed by atoms with van der Waals surface area (Å²) in [6.07, 6.45) is 1.82. The van der Waals surface area contributed by atoms with Gasteiger partial charge >= 0.3 is 0 Å². The first kappa shape index (κ1) is 20.0. The van der Waals surface area contributed by atoms with E-state index in [9.17, 15) is 0 Å². The zero-order valence-electron chi connectivity index (χ0n) is 17.0. The highest BCUT2D eigenvalue weighted by molar-refractivity contribution is 5.80. The number of piperazine rings is 1. The predicted octanol–water partition coefficient (Wildman–Crippen LogP) is 2.28. The number of nitrogens with zero attached hydrogens (tertiary/aromatic N) is 3. The molecule has 6 nitrogen and oxygen atoms in total. The Kier molecular flexibility index (Phi) is 6.96. The Morgan fingerprint density at radius 3 is 2.59 bits per heavy atom. The molecule has 0 amide bonds. The maximum atomic E-state index is 5.84. The van der Waals surface area contributed by atoms with Crippen molar-refractivity contribution in [3.8, 4) is 0 Å².